The molecule has 2 heterocycles. The average molecular weight is 491 g/mol. The van der Waals surface area contributed by atoms with Gasteiger partial charge in [0.05, 0.1) is 17.9 Å². The number of rotatable bonds is 9. The van der Waals surface area contributed by atoms with Crippen LogP contribution in [0, 0.1) is 6.92 Å². The maximum absolute atomic E-state index is 14.2. The molecule has 8 nitrogen and oxygen atoms in total. The zero-order valence-corrected chi connectivity index (χ0v) is 20.7. The van der Waals surface area contributed by atoms with Crippen LogP contribution in [0.15, 0.2) is 60.7 Å². The molecule has 2 aromatic carbocycles. The third-order valence-electron chi connectivity index (χ3n) is 6.58. The third kappa shape index (κ3) is 3.69. The Bertz CT molecular complexity index is 1270. The molecular weight excluding hydrogens is 460 g/mol. The first kappa shape index (κ1) is 25.2. The molecule has 0 bridgehead atoms. The molecule has 2 amide bonds. The van der Waals surface area contributed by atoms with Gasteiger partial charge in [-0.3, -0.25) is 14.4 Å². The van der Waals surface area contributed by atoms with E-state index >= 15 is 0 Å². The number of anilines is 1. The van der Waals surface area contributed by atoms with Crippen molar-refractivity contribution in [1.29, 1.82) is 0 Å². The summed E-state index contributed by atoms with van der Waals surface area (Å²) in [7, 11) is 1.48. The fourth-order valence-electron chi connectivity index (χ4n) is 5.05. The predicted molar refractivity (Wildman–Crippen MR) is 136 cm³/mol. The Balaban J connectivity index is 1.98. The molecule has 1 fully saturated rings. The fraction of sp³-hybridized carbons (Fsp3) is 0.321. The summed E-state index contributed by atoms with van der Waals surface area (Å²) in [6.45, 7) is 8.24. The number of benzene rings is 2. The molecule has 0 radical (unpaired) electrons. The van der Waals surface area contributed by atoms with Gasteiger partial charge in [-0.25, -0.2) is 0 Å². The highest BCUT2D eigenvalue weighted by Gasteiger charge is 2.66. The zero-order chi connectivity index (χ0) is 26.0. The molecule has 1 saturated heterocycles. The maximum Gasteiger partial charge on any atom is 0.296 e. The Hall–Kier alpha value is -3.91. The van der Waals surface area contributed by atoms with Crippen molar-refractivity contribution >= 4 is 29.0 Å². The van der Waals surface area contributed by atoms with Gasteiger partial charge < -0.3 is 24.4 Å². The highest BCUT2D eigenvalue weighted by Crippen LogP contribution is 2.53. The number of aliphatic hydroxyl groups is 1. The number of aryl methyl sites for hydroxylation is 1. The monoisotopic (exact) mass is 490 g/mol. The van der Waals surface area contributed by atoms with Crippen LogP contribution in [0.4, 0.5) is 5.69 Å². The summed E-state index contributed by atoms with van der Waals surface area (Å²) in [6, 6.07) is 12.0. The van der Waals surface area contributed by atoms with Gasteiger partial charge >= 0.3 is 0 Å². The van der Waals surface area contributed by atoms with Gasteiger partial charge in [-0.2, -0.15) is 0 Å². The number of nitrogens with zero attached hydrogens (tertiary/aromatic N) is 2. The summed E-state index contributed by atoms with van der Waals surface area (Å²) in [5, 5.41) is 11.5. The fourth-order valence-corrected chi connectivity index (χ4v) is 5.05. The number of hydrogen-bond acceptors (Lipinski definition) is 6. The number of ketones is 1. The topological polar surface area (TPSA) is 96.4 Å². The summed E-state index contributed by atoms with van der Waals surface area (Å²) in [4.78, 5) is 43.9. The maximum atomic E-state index is 14.2. The molecule has 1 atom stereocenters. The van der Waals surface area contributed by atoms with E-state index in [9.17, 15) is 19.5 Å². The Morgan fingerprint density at radius 3 is 2.56 bits per heavy atom. The van der Waals surface area contributed by atoms with Crippen LogP contribution in [0.25, 0.3) is 5.76 Å². The molecule has 0 aromatic heterocycles. The lowest BCUT2D eigenvalue weighted by Gasteiger charge is -2.34. The first-order valence-corrected chi connectivity index (χ1v) is 11.9. The number of carbonyl (C=O) groups excluding carboxylic acids is 3. The van der Waals surface area contributed by atoms with Crippen molar-refractivity contribution in [2.45, 2.75) is 25.8 Å². The van der Waals surface area contributed by atoms with E-state index < -0.39 is 28.9 Å². The Labute approximate surface area is 210 Å². The normalized spacial score (nSPS) is 20.4. The van der Waals surface area contributed by atoms with Gasteiger partial charge in [-0.15, -0.1) is 0 Å². The lowest BCUT2D eigenvalue weighted by Crippen LogP contribution is -2.52. The number of fused-ring (bicyclic) bond motifs is 2. The van der Waals surface area contributed by atoms with Crippen molar-refractivity contribution in [3.05, 3.63) is 77.4 Å². The lowest BCUT2D eigenvalue weighted by atomic mass is 9.81. The molecule has 1 unspecified atom stereocenters. The summed E-state index contributed by atoms with van der Waals surface area (Å²) in [5.41, 5.74) is 0.107. The van der Waals surface area contributed by atoms with Crippen LogP contribution in [-0.2, 0) is 24.7 Å². The number of likely N-dealkylation sites (tertiary alicyclic amines) is 1. The largest absolute Gasteiger partial charge is 0.507 e. The highest BCUT2D eigenvalue weighted by molar-refractivity contribution is 6.50. The number of ether oxygens (including phenoxy) is 2. The minimum atomic E-state index is -1.78. The Morgan fingerprint density at radius 1 is 1.14 bits per heavy atom. The van der Waals surface area contributed by atoms with E-state index in [-0.39, 0.29) is 18.7 Å². The second kappa shape index (κ2) is 9.99. The number of amides is 2. The minimum Gasteiger partial charge on any atom is -0.507 e. The second-order valence-electron chi connectivity index (χ2n) is 8.77. The van der Waals surface area contributed by atoms with E-state index in [1.54, 1.807) is 60.4 Å². The van der Waals surface area contributed by atoms with Gasteiger partial charge in [-0.1, -0.05) is 37.8 Å². The minimum absolute atomic E-state index is 0.00521. The number of Topliss-reactive ketones (excluding diaryl/α,β-unsaturated/α-hetero) is 1. The molecule has 2 aromatic rings. The molecule has 4 rings (SSSR count). The van der Waals surface area contributed by atoms with E-state index in [1.807, 2.05) is 6.92 Å². The predicted octanol–water partition coefficient (Wildman–Crippen LogP) is 3.54. The highest BCUT2D eigenvalue weighted by atomic mass is 16.5. The number of hydrogen-bond donors (Lipinski definition) is 1. The number of methoxy groups -OCH3 is 1. The smallest absolute Gasteiger partial charge is 0.296 e. The van der Waals surface area contributed by atoms with Crippen LogP contribution in [-0.4, -0.2) is 61.0 Å². The summed E-state index contributed by atoms with van der Waals surface area (Å²) < 4.78 is 10.8. The van der Waals surface area contributed by atoms with E-state index in [2.05, 4.69) is 6.58 Å². The summed E-state index contributed by atoms with van der Waals surface area (Å²) >= 11 is 0. The molecule has 2 aliphatic rings. The van der Waals surface area contributed by atoms with Crippen molar-refractivity contribution in [3.63, 3.8) is 0 Å². The number of carbonyl (C=O) groups is 3. The van der Waals surface area contributed by atoms with Gasteiger partial charge in [0.15, 0.2) is 5.54 Å². The molecule has 0 saturated carbocycles. The van der Waals surface area contributed by atoms with Crippen molar-refractivity contribution in [2.75, 3.05) is 38.3 Å². The Kier molecular flexibility index (Phi) is 6.99. The van der Waals surface area contributed by atoms with Crippen LogP contribution in [0.1, 0.15) is 30.0 Å². The lowest BCUT2D eigenvalue weighted by molar-refractivity contribution is -0.144. The molecule has 1 N–H and O–H groups in total. The number of para-hydroxylation sites is 1. The van der Waals surface area contributed by atoms with Gasteiger partial charge in [0.25, 0.3) is 17.6 Å². The van der Waals surface area contributed by atoms with Crippen molar-refractivity contribution in [2.24, 2.45) is 0 Å². The van der Waals surface area contributed by atoms with E-state index in [4.69, 9.17) is 9.47 Å². The zero-order valence-electron chi connectivity index (χ0n) is 20.7. The molecule has 2 aliphatic heterocycles. The van der Waals surface area contributed by atoms with E-state index in [1.165, 1.54) is 12.0 Å². The quantitative estimate of drug-likeness (QED) is 0.250. The van der Waals surface area contributed by atoms with Gasteiger partial charge in [0.2, 0.25) is 0 Å². The molecular formula is C28H30N2O6. The van der Waals surface area contributed by atoms with Crippen LogP contribution >= 0.6 is 0 Å². The van der Waals surface area contributed by atoms with Crippen molar-refractivity contribution in [1.82, 2.24) is 4.90 Å². The molecule has 0 aliphatic carbocycles. The van der Waals surface area contributed by atoms with Crippen LogP contribution in [0.5, 0.6) is 5.75 Å². The second-order valence-corrected chi connectivity index (χ2v) is 8.77. The van der Waals surface area contributed by atoms with Crippen LogP contribution < -0.4 is 9.64 Å². The number of aliphatic hydroxyl groups excluding tert-OH is 1. The van der Waals surface area contributed by atoms with E-state index in [0.29, 0.717) is 47.7 Å². The molecule has 1 spiro atoms. The van der Waals surface area contributed by atoms with E-state index in [0.717, 1.165) is 0 Å². The van der Waals surface area contributed by atoms with Gasteiger partial charge in [-0.05, 0) is 43.2 Å². The third-order valence-corrected chi connectivity index (χ3v) is 6.58. The Morgan fingerprint density at radius 2 is 1.89 bits per heavy atom. The molecule has 188 valence electrons. The summed E-state index contributed by atoms with van der Waals surface area (Å²) in [6.07, 6.45) is 2.30. The summed E-state index contributed by atoms with van der Waals surface area (Å²) in [5.74, 6) is -2.01. The molecule has 36 heavy (non-hydrogen) atoms. The molecule has 8 heteroatoms. The SMILES string of the molecule is C=CCOc1ccc(/C(O)=C2/C(=O)C(=O)N(CCOC)C23C(=O)N(CCC)c2ccccc23)cc1C. The first-order valence-electron chi connectivity index (χ1n) is 11.9. The standard InChI is InChI=1S/C28H30N2O6/c1-5-13-29-21-10-8-7-9-20(21)28(27(29)34)23(25(32)26(33)30(28)14-16-35-4)24(31)19-11-12-22(18(3)17-19)36-15-6-2/h6-12,17,31H,2,5,13-16H2,1,3-4H3/b24-23+. The van der Waals surface area contributed by atoms with Gasteiger partial charge in [0.1, 0.15) is 18.1 Å². The van der Waals surface area contributed by atoms with Crippen molar-refractivity contribution in [3.8, 4) is 5.75 Å². The van der Waals surface area contributed by atoms with Crippen molar-refractivity contribution < 1.29 is 29.0 Å². The first-order chi connectivity index (χ1) is 17.3. The average Bonchev–Trinajstić information content (AvgIpc) is 3.25. The van der Waals surface area contributed by atoms with Crippen LogP contribution in [0.2, 0.25) is 0 Å². The van der Waals surface area contributed by atoms with Gasteiger partial charge in [0, 0.05) is 31.3 Å². The van der Waals surface area contributed by atoms with Crippen LogP contribution in [0.3, 0.4) is 0 Å².